The van der Waals surface area contributed by atoms with Crippen LogP contribution in [0, 0.1) is 3.57 Å². The minimum absolute atomic E-state index is 0.246. The van der Waals surface area contributed by atoms with Crippen LogP contribution in [0.1, 0.15) is 24.1 Å². The first-order chi connectivity index (χ1) is 10.2. The quantitative estimate of drug-likeness (QED) is 0.681. The highest BCUT2D eigenvalue weighted by atomic mass is 127. The van der Waals surface area contributed by atoms with Crippen LogP contribution < -0.4 is 10.1 Å². The monoisotopic (exact) mass is 415 g/mol. The van der Waals surface area contributed by atoms with Crippen LogP contribution in [0.3, 0.4) is 0 Å². The van der Waals surface area contributed by atoms with E-state index in [0.717, 1.165) is 29.3 Å². The second-order valence-electron chi connectivity index (χ2n) is 4.79. The Balaban J connectivity index is 2.33. The second-order valence-corrected chi connectivity index (χ2v) is 6.39. The lowest BCUT2D eigenvalue weighted by atomic mass is 9.98. The smallest absolute Gasteiger partial charge is 0.122 e. The number of likely N-dealkylation sites (N-methyl/N-ethyl adjacent to an activating group) is 1. The van der Waals surface area contributed by atoms with E-state index in [4.69, 9.17) is 16.3 Å². The molecule has 0 radical (unpaired) electrons. The molecule has 2 nitrogen and oxygen atoms in total. The molecule has 0 aliphatic heterocycles. The molecule has 4 heteroatoms. The minimum atomic E-state index is 0.246. The summed E-state index contributed by atoms with van der Waals surface area (Å²) in [5.41, 5.74) is 2.43. The van der Waals surface area contributed by atoms with Gasteiger partial charge in [0.05, 0.1) is 7.11 Å². The normalized spacial score (nSPS) is 12.2. The Morgan fingerprint density at radius 2 is 2.00 bits per heavy atom. The van der Waals surface area contributed by atoms with Crippen molar-refractivity contribution < 1.29 is 4.74 Å². The molecule has 1 unspecified atom stereocenters. The molecular formula is C17H19ClINO. The van der Waals surface area contributed by atoms with E-state index in [1.807, 2.05) is 18.2 Å². The molecule has 112 valence electrons. The van der Waals surface area contributed by atoms with Gasteiger partial charge in [0.25, 0.3) is 0 Å². The van der Waals surface area contributed by atoms with E-state index in [1.54, 1.807) is 7.11 Å². The van der Waals surface area contributed by atoms with Crippen molar-refractivity contribution in [3.63, 3.8) is 0 Å². The van der Waals surface area contributed by atoms with E-state index in [1.165, 1.54) is 9.13 Å². The molecule has 1 atom stereocenters. The molecule has 0 heterocycles. The molecule has 1 N–H and O–H groups in total. The Labute approximate surface area is 145 Å². The van der Waals surface area contributed by atoms with Crippen LogP contribution in [0.15, 0.2) is 42.5 Å². The molecule has 21 heavy (non-hydrogen) atoms. The van der Waals surface area contributed by atoms with Gasteiger partial charge in [-0.1, -0.05) is 36.7 Å². The standard InChI is InChI=1S/C17H19ClINO/c1-3-20-16(14-6-4-5-7-15(14)19)11-12-10-13(18)8-9-17(12)21-2/h4-10,16,20H,3,11H2,1-2H3. The van der Waals surface area contributed by atoms with E-state index in [-0.39, 0.29) is 6.04 Å². The van der Waals surface area contributed by atoms with Crippen LogP contribution in [0.25, 0.3) is 0 Å². The molecule has 0 fully saturated rings. The highest BCUT2D eigenvalue weighted by Gasteiger charge is 2.16. The van der Waals surface area contributed by atoms with Gasteiger partial charge in [0, 0.05) is 14.6 Å². The summed E-state index contributed by atoms with van der Waals surface area (Å²) in [6, 6.07) is 14.5. The van der Waals surface area contributed by atoms with Crippen molar-refractivity contribution in [1.29, 1.82) is 0 Å². The van der Waals surface area contributed by atoms with E-state index in [9.17, 15) is 0 Å². The number of hydrogen-bond acceptors (Lipinski definition) is 2. The number of halogens is 2. The number of methoxy groups -OCH3 is 1. The SMILES string of the molecule is CCNC(Cc1cc(Cl)ccc1OC)c1ccccc1I. The first-order valence-electron chi connectivity index (χ1n) is 6.96. The third kappa shape index (κ3) is 4.34. The van der Waals surface area contributed by atoms with Crippen LogP contribution in [0.2, 0.25) is 5.02 Å². The molecule has 0 aliphatic carbocycles. The molecule has 0 saturated heterocycles. The predicted molar refractivity (Wildman–Crippen MR) is 97.3 cm³/mol. The zero-order valence-corrected chi connectivity index (χ0v) is 15.1. The van der Waals surface area contributed by atoms with Crippen LogP contribution in [-0.2, 0) is 6.42 Å². The topological polar surface area (TPSA) is 21.3 Å². The van der Waals surface area contributed by atoms with Crippen molar-refractivity contribution in [2.24, 2.45) is 0 Å². The van der Waals surface area contributed by atoms with Crippen LogP contribution >= 0.6 is 34.2 Å². The van der Waals surface area contributed by atoms with Gasteiger partial charge in [0.15, 0.2) is 0 Å². The lowest BCUT2D eigenvalue weighted by Crippen LogP contribution is -2.24. The predicted octanol–water partition coefficient (Wildman–Crippen LogP) is 4.85. The first-order valence-corrected chi connectivity index (χ1v) is 8.41. The lowest BCUT2D eigenvalue weighted by molar-refractivity contribution is 0.405. The number of ether oxygens (including phenoxy) is 1. The summed E-state index contributed by atoms with van der Waals surface area (Å²) >= 11 is 8.52. The van der Waals surface area contributed by atoms with E-state index in [0.29, 0.717) is 0 Å². The van der Waals surface area contributed by atoms with E-state index in [2.05, 4.69) is 59.1 Å². The van der Waals surface area contributed by atoms with Gasteiger partial charge in [-0.3, -0.25) is 0 Å². The van der Waals surface area contributed by atoms with Gasteiger partial charge in [0.2, 0.25) is 0 Å². The number of nitrogens with one attached hydrogen (secondary N) is 1. The van der Waals surface area contributed by atoms with E-state index >= 15 is 0 Å². The van der Waals surface area contributed by atoms with Gasteiger partial charge in [-0.25, -0.2) is 0 Å². The molecular weight excluding hydrogens is 397 g/mol. The Hall–Kier alpha value is -0.780. The molecule has 0 amide bonds. The Morgan fingerprint density at radius 3 is 2.67 bits per heavy atom. The summed E-state index contributed by atoms with van der Waals surface area (Å²) < 4.78 is 6.72. The molecule has 2 aromatic rings. The number of benzene rings is 2. The maximum atomic E-state index is 6.13. The summed E-state index contributed by atoms with van der Waals surface area (Å²) in [5, 5.41) is 4.30. The molecule has 0 aromatic heterocycles. The summed E-state index contributed by atoms with van der Waals surface area (Å²) in [4.78, 5) is 0. The first kappa shape index (κ1) is 16.6. The summed E-state index contributed by atoms with van der Waals surface area (Å²) in [5.74, 6) is 0.883. The Bertz CT molecular complexity index is 603. The fourth-order valence-corrected chi connectivity index (χ4v) is 3.38. The van der Waals surface area contributed by atoms with Crippen molar-refractivity contribution in [3.8, 4) is 5.75 Å². The van der Waals surface area contributed by atoms with Gasteiger partial charge in [-0.15, -0.1) is 0 Å². The van der Waals surface area contributed by atoms with Crippen LogP contribution in [-0.4, -0.2) is 13.7 Å². The fraction of sp³-hybridized carbons (Fsp3) is 0.294. The van der Waals surface area contributed by atoms with Crippen LogP contribution in [0.5, 0.6) is 5.75 Å². The van der Waals surface area contributed by atoms with Gasteiger partial charge in [0.1, 0.15) is 5.75 Å². The van der Waals surface area contributed by atoms with Crippen LogP contribution in [0.4, 0.5) is 0 Å². The minimum Gasteiger partial charge on any atom is -0.496 e. The summed E-state index contributed by atoms with van der Waals surface area (Å²) in [6.07, 6.45) is 0.845. The van der Waals surface area contributed by atoms with Crippen molar-refractivity contribution in [2.75, 3.05) is 13.7 Å². The summed E-state index contributed by atoms with van der Waals surface area (Å²) in [7, 11) is 1.70. The maximum Gasteiger partial charge on any atom is 0.122 e. The van der Waals surface area contributed by atoms with Gasteiger partial charge >= 0.3 is 0 Å². The zero-order valence-electron chi connectivity index (χ0n) is 12.2. The third-order valence-corrected chi connectivity index (χ3v) is 4.62. The highest BCUT2D eigenvalue weighted by molar-refractivity contribution is 14.1. The Morgan fingerprint density at radius 1 is 1.24 bits per heavy atom. The summed E-state index contributed by atoms with van der Waals surface area (Å²) in [6.45, 7) is 3.04. The van der Waals surface area contributed by atoms with Crippen molar-refractivity contribution in [1.82, 2.24) is 5.32 Å². The molecule has 2 rings (SSSR count). The van der Waals surface area contributed by atoms with Crippen molar-refractivity contribution >= 4 is 34.2 Å². The van der Waals surface area contributed by atoms with E-state index < -0.39 is 0 Å². The fourth-order valence-electron chi connectivity index (χ4n) is 2.42. The van der Waals surface area contributed by atoms with Gasteiger partial charge in [-0.05, 0) is 70.9 Å². The largest absolute Gasteiger partial charge is 0.496 e. The lowest BCUT2D eigenvalue weighted by Gasteiger charge is -2.21. The van der Waals surface area contributed by atoms with Crippen molar-refractivity contribution in [3.05, 3.63) is 62.2 Å². The zero-order chi connectivity index (χ0) is 15.2. The molecule has 0 bridgehead atoms. The molecule has 0 aliphatic rings. The number of rotatable bonds is 6. The molecule has 0 spiro atoms. The highest BCUT2D eigenvalue weighted by Crippen LogP contribution is 2.29. The Kier molecular flexibility index (Phi) is 6.33. The van der Waals surface area contributed by atoms with Gasteiger partial charge < -0.3 is 10.1 Å². The van der Waals surface area contributed by atoms with Gasteiger partial charge in [-0.2, -0.15) is 0 Å². The second kappa shape index (κ2) is 8.01. The number of hydrogen-bond donors (Lipinski definition) is 1. The van der Waals surface area contributed by atoms with Crippen molar-refractivity contribution in [2.45, 2.75) is 19.4 Å². The molecule has 2 aromatic carbocycles. The molecule has 0 saturated carbocycles. The maximum absolute atomic E-state index is 6.13. The average Bonchev–Trinajstić information content (AvgIpc) is 2.48. The third-order valence-electron chi connectivity index (χ3n) is 3.40. The average molecular weight is 416 g/mol.